The van der Waals surface area contributed by atoms with Gasteiger partial charge in [-0.2, -0.15) is 11.3 Å². The SMILES string of the molecule is O=c1[nH]c2ccccc2n1-c1ccsc1. The van der Waals surface area contributed by atoms with Crippen LogP contribution in [0.15, 0.2) is 45.9 Å². The van der Waals surface area contributed by atoms with Crippen LogP contribution >= 0.6 is 11.3 Å². The third-order valence-corrected chi connectivity index (χ3v) is 3.02. The van der Waals surface area contributed by atoms with E-state index < -0.39 is 0 Å². The second-order valence-corrected chi connectivity index (χ2v) is 4.04. The molecule has 0 unspecified atom stereocenters. The maximum Gasteiger partial charge on any atom is 0.331 e. The first kappa shape index (κ1) is 8.49. The van der Waals surface area contributed by atoms with Crippen molar-refractivity contribution in [3.05, 3.63) is 51.6 Å². The molecule has 1 aromatic carbocycles. The monoisotopic (exact) mass is 216 g/mol. The van der Waals surface area contributed by atoms with Gasteiger partial charge in [0.05, 0.1) is 16.7 Å². The summed E-state index contributed by atoms with van der Waals surface area (Å²) in [6.45, 7) is 0. The van der Waals surface area contributed by atoms with Crippen molar-refractivity contribution in [2.24, 2.45) is 0 Å². The third-order valence-electron chi connectivity index (χ3n) is 2.35. The van der Waals surface area contributed by atoms with Gasteiger partial charge in [-0.25, -0.2) is 4.79 Å². The van der Waals surface area contributed by atoms with Gasteiger partial charge in [0.15, 0.2) is 0 Å². The van der Waals surface area contributed by atoms with Crippen LogP contribution < -0.4 is 5.69 Å². The summed E-state index contributed by atoms with van der Waals surface area (Å²) in [5.74, 6) is 0. The van der Waals surface area contributed by atoms with Crippen molar-refractivity contribution >= 4 is 22.4 Å². The number of hydrogen-bond acceptors (Lipinski definition) is 2. The molecule has 0 fully saturated rings. The zero-order chi connectivity index (χ0) is 10.3. The number of para-hydroxylation sites is 2. The van der Waals surface area contributed by atoms with Gasteiger partial charge in [0.1, 0.15) is 0 Å². The van der Waals surface area contributed by atoms with E-state index in [4.69, 9.17) is 0 Å². The molecule has 0 saturated carbocycles. The highest BCUT2D eigenvalue weighted by Gasteiger charge is 2.07. The maximum absolute atomic E-state index is 11.7. The van der Waals surface area contributed by atoms with Gasteiger partial charge >= 0.3 is 5.69 Å². The fourth-order valence-electron chi connectivity index (χ4n) is 1.70. The molecule has 15 heavy (non-hydrogen) atoms. The lowest BCUT2D eigenvalue weighted by Gasteiger charge is -1.97. The molecule has 0 aliphatic carbocycles. The number of H-pyrrole nitrogens is 1. The minimum absolute atomic E-state index is 0.0883. The van der Waals surface area contributed by atoms with Crippen molar-refractivity contribution in [1.82, 2.24) is 9.55 Å². The first-order chi connectivity index (χ1) is 7.36. The number of fused-ring (bicyclic) bond motifs is 1. The van der Waals surface area contributed by atoms with Crippen molar-refractivity contribution in [2.45, 2.75) is 0 Å². The Labute approximate surface area is 89.6 Å². The molecule has 0 saturated heterocycles. The van der Waals surface area contributed by atoms with Gasteiger partial charge in [-0.05, 0) is 23.6 Å². The Kier molecular flexibility index (Phi) is 1.76. The van der Waals surface area contributed by atoms with Crippen molar-refractivity contribution in [1.29, 1.82) is 0 Å². The summed E-state index contributed by atoms with van der Waals surface area (Å²) in [5.41, 5.74) is 2.62. The van der Waals surface area contributed by atoms with Crippen molar-refractivity contribution in [2.75, 3.05) is 0 Å². The zero-order valence-corrected chi connectivity index (χ0v) is 8.62. The Morgan fingerprint density at radius 3 is 2.87 bits per heavy atom. The molecule has 2 aromatic heterocycles. The van der Waals surface area contributed by atoms with Crippen molar-refractivity contribution in [3.8, 4) is 5.69 Å². The number of aromatic nitrogens is 2. The lowest BCUT2D eigenvalue weighted by Crippen LogP contribution is -2.13. The van der Waals surface area contributed by atoms with Gasteiger partial charge in [-0.3, -0.25) is 4.57 Å². The molecule has 0 radical (unpaired) electrons. The molecule has 0 amide bonds. The van der Waals surface area contributed by atoms with Crippen molar-refractivity contribution < 1.29 is 0 Å². The number of thiophene rings is 1. The second-order valence-electron chi connectivity index (χ2n) is 3.26. The lowest BCUT2D eigenvalue weighted by atomic mass is 10.3. The van der Waals surface area contributed by atoms with Crippen LogP contribution in [0.4, 0.5) is 0 Å². The number of hydrogen-bond donors (Lipinski definition) is 1. The van der Waals surface area contributed by atoms with Crippen LogP contribution in [0.1, 0.15) is 0 Å². The van der Waals surface area contributed by atoms with Gasteiger partial charge in [-0.1, -0.05) is 12.1 Å². The molecule has 4 heteroatoms. The standard InChI is InChI=1S/C11H8N2OS/c14-11-12-9-3-1-2-4-10(9)13(11)8-5-6-15-7-8/h1-7H,(H,12,14). The van der Waals surface area contributed by atoms with Gasteiger partial charge in [0.2, 0.25) is 0 Å². The topological polar surface area (TPSA) is 37.8 Å². The van der Waals surface area contributed by atoms with E-state index in [0.717, 1.165) is 16.7 Å². The molecule has 74 valence electrons. The summed E-state index contributed by atoms with van der Waals surface area (Å²) in [7, 11) is 0. The Bertz CT molecular complexity index is 649. The Hall–Kier alpha value is -1.81. The predicted molar refractivity (Wildman–Crippen MR) is 61.8 cm³/mol. The minimum Gasteiger partial charge on any atom is -0.305 e. The second kappa shape index (κ2) is 3.10. The van der Waals surface area contributed by atoms with Crippen molar-refractivity contribution in [3.63, 3.8) is 0 Å². The van der Waals surface area contributed by atoms with E-state index in [1.807, 2.05) is 41.1 Å². The highest BCUT2D eigenvalue weighted by Crippen LogP contribution is 2.16. The number of rotatable bonds is 1. The Morgan fingerprint density at radius 1 is 1.20 bits per heavy atom. The van der Waals surface area contributed by atoms with Gasteiger partial charge in [0.25, 0.3) is 0 Å². The predicted octanol–water partition coefficient (Wildman–Crippen LogP) is 2.38. The Balaban J connectivity index is 2.44. The minimum atomic E-state index is -0.0883. The molecule has 0 aliphatic rings. The van der Waals surface area contributed by atoms with Gasteiger partial charge < -0.3 is 4.98 Å². The lowest BCUT2D eigenvalue weighted by molar-refractivity contribution is 1.02. The molecule has 0 aliphatic heterocycles. The average molecular weight is 216 g/mol. The fraction of sp³-hybridized carbons (Fsp3) is 0. The summed E-state index contributed by atoms with van der Waals surface area (Å²) >= 11 is 1.58. The van der Waals surface area contributed by atoms with Crippen LogP contribution in [-0.2, 0) is 0 Å². The van der Waals surface area contributed by atoms with E-state index in [1.165, 1.54) is 0 Å². The quantitative estimate of drug-likeness (QED) is 0.666. The number of imidazole rings is 1. The fourth-order valence-corrected chi connectivity index (χ4v) is 2.32. The van der Waals surface area contributed by atoms with E-state index in [-0.39, 0.29) is 5.69 Å². The summed E-state index contributed by atoms with van der Waals surface area (Å²) in [5, 5.41) is 3.92. The molecule has 3 aromatic rings. The number of nitrogens with zero attached hydrogens (tertiary/aromatic N) is 1. The molecule has 0 bridgehead atoms. The average Bonchev–Trinajstić information content (AvgIpc) is 2.82. The normalized spacial score (nSPS) is 10.9. The maximum atomic E-state index is 11.7. The highest BCUT2D eigenvalue weighted by molar-refractivity contribution is 7.08. The first-order valence-electron chi connectivity index (χ1n) is 4.58. The first-order valence-corrected chi connectivity index (χ1v) is 5.53. The summed E-state index contributed by atoms with van der Waals surface area (Å²) < 4.78 is 1.69. The van der Waals surface area contributed by atoms with Crippen LogP contribution in [0.2, 0.25) is 0 Å². The van der Waals surface area contributed by atoms with Crippen LogP contribution in [-0.4, -0.2) is 9.55 Å². The van der Waals surface area contributed by atoms with E-state index in [0.29, 0.717) is 0 Å². The largest absolute Gasteiger partial charge is 0.331 e. The van der Waals surface area contributed by atoms with Crippen LogP contribution in [0.5, 0.6) is 0 Å². The third kappa shape index (κ3) is 1.22. The molecular formula is C11H8N2OS. The van der Waals surface area contributed by atoms with E-state index in [2.05, 4.69) is 4.98 Å². The number of benzene rings is 1. The molecule has 0 atom stereocenters. The smallest absolute Gasteiger partial charge is 0.305 e. The number of nitrogens with one attached hydrogen (secondary N) is 1. The van der Waals surface area contributed by atoms with Crippen LogP contribution in [0.25, 0.3) is 16.7 Å². The number of aromatic amines is 1. The zero-order valence-electron chi connectivity index (χ0n) is 7.81. The van der Waals surface area contributed by atoms with Crippen LogP contribution in [0, 0.1) is 0 Å². The summed E-state index contributed by atoms with van der Waals surface area (Å²) in [6.07, 6.45) is 0. The molecule has 1 N–H and O–H groups in total. The molecular weight excluding hydrogens is 208 g/mol. The Morgan fingerprint density at radius 2 is 2.07 bits per heavy atom. The summed E-state index contributed by atoms with van der Waals surface area (Å²) in [4.78, 5) is 14.6. The van der Waals surface area contributed by atoms with Gasteiger partial charge in [-0.15, -0.1) is 0 Å². The van der Waals surface area contributed by atoms with E-state index in [9.17, 15) is 4.79 Å². The molecule has 3 nitrogen and oxygen atoms in total. The van der Waals surface area contributed by atoms with Crippen LogP contribution in [0.3, 0.4) is 0 Å². The summed E-state index contributed by atoms with van der Waals surface area (Å²) in [6, 6.07) is 9.62. The molecule has 0 spiro atoms. The highest BCUT2D eigenvalue weighted by atomic mass is 32.1. The van der Waals surface area contributed by atoms with E-state index >= 15 is 0 Å². The van der Waals surface area contributed by atoms with E-state index in [1.54, 1.807) is 15.9 Å². The van der Waals surface area contributed by atoms with Gasteiger partial charge in [0, 0.05) is 5.38 Å². The molecule has 3 rings (SSSR count). The molecule has 2 heterocycles.